The van der Waals surface area contributed by atoms with Crippen molar-refractivity contribution >= 4 is 59.3 Å². The highest BCUT2D eigenvalue weighted by molar-refractivity contribution is 7.27. The van der Waals surface area contributed by atoms with Crippen LogP contribution in [0.5, 0.6) is 0 Å². The maximum Gasteiger partial charge on any atom is 0.0640 e. The van der Waals surface area contributed by atoms with E-state index in [4.69, 9.17) is 0 Å². The molecule has 0 saturated carbocycles. The molecule has 0 atom stereocenters. The molecule has 2 aliphatic rings. The fourth-order valence-corrected chi connectivity index (χ4v) is 11.1. The number of fused-ring (bicyclic) bond motifs is 11. The molecule has 2 heteroatoms. The van der Waals surface area contributed by atoms with Crippen LogP contribution in [0.3, 0.4) is 0 Å². The lowest BCUT2D eigenvalue weighted by Gasteiger charge is -2.28. The highest BCUT2D eigenvalue weighted by Gasteiger charge is 2.37. The quantitative estimate of drug-likeness (QED) is 0.176. The van der Waals surface area contributed by atoms with E-state index in [1.165, 1.54) is 98.0 Å². The van der Waals surface area contributed by atoms with Crippen LogP contribution in [0.15, 0.2) is 164 Å². The van der Waals surface area contributed by atoms with Gasteiger partial charge in [-0.1, -0.05) is 161 Å². The molecule has 54 heavy (non-hydrogen) atoms. The first kappa shape index (κ1) is 31.6. The van der Waals surface area contributed by atoms with Crippen molar-refractivity contribution in [2.75, 3.05) is 4.90 Å². The maximum absolute atomic E-state index is 2.50. The Morgan fingerprint density at radius 1 is 0.407 bits per heavy atom. The van der Waals surface area contributed by atoms with E-state index in [2.05, 4.69) is 196 Å². The molecule has 1 aromatic heterocycles. The first-order valence-electron chi connectivity index (χ1n) is 19.0. The topological polar surface area (TPSA) is 3.24 Å². The number of anilines is 3. The van der Waals surface area contributed by atoms with E-state index < -0.39 is 0 Å². The van der Waals surface area contributed by atoms with Gasteiger partial charge in [0.05, 0.1) is 10.4 Å². The van der Waals surface area contributed by atoms with Gasteiger partial charge >= 0.3 is 0 Å². The number of nitrogens with zero attached hydrogens (tertiary/aromatic N) is 1. The SMILES string of the molecule is CC1(C)c2ccccc2-c2ccc(N(c3ccc(-c4cccc5c4-c4ccccc4C5(C)C)cc3)c3cccc4c3sc3c5ccccc5ccc43)cc21. The molecule has 1 nitrogen and oxygen atoms in total. The van der Waals surface area contributed by atoms with Gasteiger partial charge in [-0.3, -0.25) is 0 Å². The van der Waals surface area contributed by atoms with Crippen molar-refractivity contribution in [3.8, 4) is 33.4 Å². The zero-order chi connectivity index (χ0) is 36.3. The lowest BCUT2D eigenvalue weighted by Crippen LogP contribution is -2.16. The smallest absolute Gasteiger partial charge is 0.0640 e. The summed E-state index contributed by atoms with van der Waals surface area (Å²) in [5.41, 5.74) is 16.9. The zero-order valence-electron chi connectivity index (χ0n) is 30.9. The van der Waals surface area contributed by atoms with Gasteiger partial charge in [-0.15, -0.1) is 11.3 Å². The average Bonchev–Trinajstić information content (AvgIpc) is 3.79. The number of hydrogen-bond donors (Lipinski definition) is 0. The van der Waals surface area contributed by atoms with Gasteiger partial charge in [0.15, 0.2) is 0 Å². The predicted molar refractivity (Wildman–Crippen MR) is 232 cm³/mol. The van der Waals surface area contributed by atoms with Gasteiger partial charge in [-0.05, 0) is 96.7 Å². The molecule has 0 radical (unpaired) electrons. The van der Waals surface area contributed by atoms with Gasteiger partial charge in [0.25, 0.3) is 0 Å². The molecule has 0 fully saturated rings. The van der Waals surface area contributed by atoms with E-state index in [1.54, 1.807) is 0 Å². The van der Waals surface area contributed by atoms with Crippen molar-refractivity contribution in [1.29, 1.82) is 0 Å². The summed E-state index contributed by atoms with van der Waals surface area (Å²) in [6.45, 7) is 9.46. The maximum atomic E-state index is 2.50. The van der Waals surface area contributed by atoms with Crippen molar-refractivity contribution in [1.82, 2.24) is 0 Å². The Bertz CT molecular complexity index is 3000. The Labute approximate surface area is 320 Å². The van der Waals surface area contributed by atoms with Crippen molar-refractivity contribution in [2.45, 2.75) is 38.5 Å². The first-order chi connectivity index (χ1) is 26.3. The predicted octanol–water partition coefficient (Wildman–Crippen LogP) is 15.0. The molecule has 0 spiro atoms. The molecule has 0 amide bonds. The van der Waals surface area contributed by atoms with Crippen LogP contribution in [0.25, 0.3) is 64.3 Å². The minimum Gasteiger partial charge on any atom is -0.309 e. The third kappa shape index (κ3) is 4.32. The molecule has 0 aliphatic heterocycles. The third-order valence-electron chi connectivity index (χ3n) is 12.5. The van der Waals surface area contributed by atoms with Crippen molar-refractivity contribution < 1.29 is 0 Å². The van der Waals surface area contributed by atoms with Gasteiger partial charge in [0.2, 0.25) is 0 Å². The number of benzene rings is 8. The van der Waals surface area contributed by atoms with Crippen LogP contribution in [-0.4, -0.2) is 0 Å². The molecule has 1 heterocycles. The summed E-state index contributed by atoms with van der Waals surface area (Å²) in [5.74, 6) is 0. The van der Waals surface area contributed by atoms with E-state index in [0.717, 1.165) is 5.69 Å². The van der Waals surface area contributed by atoms with Gasteiger partial charge in [0, 0.05) is 37.7 Å². The van der Waals surface area contributed by atoms with E-state index in [-0.39, 0.29) is 10.8 Å². The number of rotatable bonds is 4. The summed E-state index contributed by atoms with van der Waals surface area (Å²) in [6.07, 6.45) is 0. The van der Waals surface area contributed by atoms with Crippen LogP contribution in [0.2, 0.25) is 0 Å². The largest absolute Gasteiger partial charge is 0.309 e. The molecular weight excluding hydrogens is 671 g/mol. The van der Waals surface area contributed by atoms with Gasteiger partial charge in [-0.25, -0.2) is 0 Å². The number of thiophene rings is 1. The van der Waals surface area contributed by atoms with E-state index in [0.29, 0.717) is 0 Å². The minimum atomic E-state index is -0.0994. The van der Waals surface area contributed by atoms with Crippen LogP contribution in [0.1, 0.15) is 49.9 Å². The van der Waals surface area contributed by atoms with Crippen molar-refractivity contribution in [3.05, 3.63) is 186 Å². The van der Waals surface area contributed by atoms with Crippen LogP contribution < -0.4 is 4.90 Å². The van der Waals surface area contributed by atoms with Gasteiger partial charge in [-0.2, -0.15) is 0 Å². The zero-order valence-corrected chi connectivity index (χ0v) is 31.8. The Hall–Kier alpha value is -5.96. The molecular formula is C52H39NS. The Balaban J connectivity index is 1.12. The van der Waals surface area contributed by atoms with Crippen molar-refractivity contribution in [3.63, 3.8) is 0 Å². The third-order valence-corrected chi connectivity index (χ3v) is 13.8. The highest BCUT2D eigenvalue weighted by Crippen LogP contribution is 2.54. The monoisotopic (exact) mass is 709 g/mol. The Morgan fingerprint density at radius 2 is 1.00 bits per heavy atom. The van der Waals surface area contributed by atoms with E-state index in [9.17, 15) is 0 Å². The molecule has 0 N–H and O–H groups in total. The average molecular weight is 710 g/mol. The van der Waals surface area contributed by atoms with Crippen LogP contribution >= 0.6 is 11.3 Å². The second-order valence-corrected chi connectivity index (χ2v) is 17.1. The molecule has 8 aromatic carbocycles. The lowest BCUT2D eigenvalue weighted by molar-refractivity contribution is 0.660. The van der Waals surface area contributed by atoms with E-state index in [1.807, 2.05) is 11.3 Å². The van der Waals surface area contributed by atoms with Crippen LogP contribution in [0, 0.1) is 0 Å². The first-order valence-corrected chi connectivity index (χ1v) is 19.8. The molecule has 11 rings (SSSR count). The van der Waals surface area contributed by atoms with Crippen LogP contribution in [-0.2, 0) is 10.8 Å². The second kappa shape index (κ2) is 11.3. The summed E-state index contributed by atoms with van der Waals surface area (Å²) in [7, 11) is 0. The summed E-state index contributed by atoms with van der Waals surface area (Å²) in [4.78, 5) is 2.50. The summed E-state index contributed by atoms with van der Waals surface area (Å²) < 4.78 is 2.65. The van der Waals surface area contributed by atoms with Gasteiger partial charge < -0.3 is 4.90 Å². The second-order valence-electron chi connectivity index (χ2n) is 16.1. The summed E-state index contributed by atoms with van der Waals surface area (Å²) >= 11 is 1.92. The van der Waals surface area contributed by atoms with Crippen molar-refractivity contribution in [2.24, 2.45) is 0 Å². The summed E-state index contributed by atoms with van der Waals surface area (Å²) in [6, 6.07) is 61.4. The molecule has 9 aromatic rings. The molecule has 0 bridgehead atoms. The molecule has 258 valence electrons. The molecule has 0 unspecified atom stereocenters. The van der Waals surface area contributed by atoms with E-state index >= 15 is 0 Å². The normalized spacial score (nSPS) is 14.6. The Kier molecular flexibility index (Phi) is 6.59. The lowest BCUT2D eigenvalue weighted by atomic mass is 9.82. The minimum absolute atomic E-state index is 0.0338. The molecule has 0 saturated heterocycles. The fraction of sp³-hybridized carbons (Fsp3) is 0.115. The van der Waals surface area contributed by atoms with Crippen LogP contribution in [0.4, 0.5) is 17.1 Å². The fourth-order valence-electron chi connectivity index (χ4n) is 9.73. The number of hydrogen-bond acceptors (Lipinski definition) is 2. The highest BCUT2D eigenvalue weighted by atomic mass is 32.1. The Morgan fingerprint density at radius 3 is 1.83 bits per heavy atom. The standard InChI is InChI=1S/C52H39NS/c1-51(2)44-20-10-8-16-42(44)48-36(17-11-21-45(48)51)33-23-26-34(27-24-33)53(35-28-30-39-38-15-7-9-19-43(38)52(3,4)46(39)31-35)47-22-12-18-40-41-29-25-32-13-5-6-14-37(32)49(41)54-50(40)47/h5-31H,1-4H3. The molecule has 2 aliphatic carbocycles. The van der Waals surface area contributed by atoms with Gasteiger partial charge in [0.1, 0.15) is 0 Å². The summed E-state index contributed by atoms with van der Waals surface area (Å²) in [5, 5.41) is 5.21.